The zero-order valence-corrected chi connectivity index (χ0v) is 15.5. The molecule has 0 fully saturated rings. The molecule has 0 unspecified atom stereocenters. The average molecular weight is 379 g/mol. The average Bonchev–Trinajstić information content (AvgIpc) is 2.90. The summed E-state index contributed by atoms with van der Waals surface area (Å²) in [5.74, 6) is -0.603. The van der Waals surface area contributed by atoms with Crippen LogP contribution in [0.2, 0.25) is 0 Å². The van der Waals surface area contributed by atoms with E-state index in [1.807, 2.05) is 0 Å². The van der Waals surface area contributed by atoms with E-state index in [2.05, 4.69) is 25.6 Å². The number of anilines is 1. The van der Waals surface area contributed by atoms with Gasteiger partial charge in [-0.2, -0.15) is 5.10 Å². The Morgan fingerprint density at radius 2 is 1.92 bits per heavy atom. The molecule has 0 saturated heterocycles. The van der Waals surface area contributed by atoms with Crippen molar-refractivity contribution in [3.63, 3.8) is 0 Å². The smallest absolute Gasteiger partial charge is 0.251 e. The van der Waals surface area contributed by atoms with Crippen LogP contribution in [-0.2, 0) is 14.8 Å². The standard InChI is InChI=1S/C16H21N5O4S/c1-10-15(11(2)21-20-10)26(24,25)18-8-7-17-16(23)13-5-4-6-14(9-13)19-12(3)22/h4-6,9,18H,7-8H2,1-3H3,(H,17,23)(H,19,22)(H,20,21). The molecule has 2 aromatic rings. The molecule has 0 spiro atoms. The van der Waals surface area contributed by atoms with Gasteiger partial charge < -0.3 is 10.6 Å². The van der Waals surface area contributed by atoms with Crippen LogP contribution in [0.5, 0.6) is 0 Å². The van der Waals surface area contributed by atoms with E-state index in [-0.39, 0.29) is 29.8 Å². The minimum atomic E-state index is -3.70. The summed E-state index contributed by atoms with van der Waals surface area (Å²) in [6.45, 7) is 4.74. The van der Waals surface area contributed by atoms with E-state index >= 15 is 0 Å². The summed E-state index contributed by atoms with van der Waals surface area (Å²) in [7, 11) is -3.70. The number of hydrogen-bond acceptors (Lipinski definition) is 5. The Morgan fingerprint density at radius 1 is 1.19 bits per heavy atom. The number of benzene rings is 1. The van der Waals surface area contributed by atoms with Crippen LogP contribution < -0.4 is 15.4 Å². The lowest BCUT2D eigenvalue weighted by Gasteiger charge is -2.09. The topological polar surface area (TPSA) is 133 Å². The van der Waals surface area contributed by atoms with Crippen LogP contribution in [0.4, 0.5) is 5.69 Å². The van der Waals surface area contributed by atoms with E-state index in [1.165, 1.54) is 6.92 Å². The summed E-state index contributed by atoms with van der Waals surface area (Å²) in [5.41, 5.74) is 1.71. The zero-order chi connectivity index (χ0) is 19.3. The van der Waals surface area contributed by atoms with Gasteiger partial charge in [0.2, 0.25) is 15.9 Å². The number of nitrogens with one attached hydrogen (secondary N) is 4. The van der Waals surface area contributed by atoms with Gasteiger partial charge in [-0.3, -0.25) is 14.7 Å². The zero-order valence-electron chi connectivity index (χ0n) is 14.7. The van der Waals surface area contributed by atoms with Gasteiger partial charge in [0.05, 0.1) is 11.4 Å². The quantitative estimate of drug-likeness (QED) is 0.526. The van der Waals surface area contributed by atoms with Gasteiger partial charge in [0.15, 0.2) is 0 Å². The molecule has 1 aromatic heterocycles. The Hall–Kier alpha value is -2.72. The van der Waals surface area contributed by atoms with E-state index < -0.39 is 10.0 Å². The molecular formula is C16H21N5O4S. The first-order valence-corrected chi connectivity index (χ1v) is 9.36. The Kier molecular flexibility index (Phi) is 6.11. The van der Waals surface area contributed by atoms with E-state index in [9.17, 15) is 18.0 Å². The lowest BCUT2D eigenvalue weighted by molar-refractivity contribution is -0.114. The number of carbonyl (C=O) groups is 2. The molecule has 0 aliphatic heterocycles. The second-order valence-electron chi connectivity index (χ2n) is 5.68. The van der Waals surface area contributed by atoms with Crippen molar-refractivity contribution in [1.29, 1.82) is 0 Å². The van der Waals surface area contributed by atoms with Crippen LogP contribution in [0, 0.1) is 13.8 Å². The Balaban J connectivity index is 1.90. The van der Waals surface area contributed by atoms with Gasteiger partial charge in [0.25, 0.3) is 5.91 Å². The second kappa shape index (κ2) is 8.11. The first-order chi connectivity index (χ1) is 12.2. The molecule has 0 saturated carbocycles. The fraction of sp³-hybridized carbons (Fsp3) is 0.312. The number of rotatable bonds is 7. The van der Waals surface area contributed by atoms with Gasteiger partial charge in [0.1, 0.15) is 4.90 Å². The van der Waals surface area contributed by atoms with E-state index in [1.54, 1.807) is 38.1 Å². The molecule has 9 nitrogen and oxygen atoms in total. The maximum absolute atomic E-state index is 12.3. The first-order valence-electron chi connectivity index (χ1n) is 7.88. The number of aromatic amines is 1. The Bertz CT molecular complexity index is 901. The number of H-pyrrole nitrogens is 1. The monoisotopic (exact) mass is 379 g/mol. The van der Waals surface area contributed by atoms with Gasteiger partial charge >= 0.3 is 0 Å². The molecule has 2 rings (SSSR count). The molecule has 26 heavy (non-hydrogen) atoms. The van der Waals surface area contributed by atoms with Crippen LogP contribution in [0.15, 0.2) is 29.2 Å². The summed E-state index contributed by atoms with van der Waals surface area (Å²) < 4.78 is 27.0. The molecule has 0 radical (unpaired) electrons. The van der Waals surface area contributed by atoms with Gasteiger partial charge in [-0.25, -0.2) is 13.1 Å². The van der Waals surface area contributed by atoms with Gasteiger partial charge in [-0.15, -0.1) is 0 Å². The largest absolute Gasteiger partial charge is 0.351 e. The number of amides is 2. The molecular weight excluding hydrogens is 358 g/mol. The fourth-order valence-corrected chi connectivity index (χ4v) is 3.81. The van der Waals surface area contributed by atoms with Gasteiger partial charge in [-0.05, 0) is 32.0 Å². The summed E-state index contributed by atoms with van der Waals surface area (Å²) in [6.07, 6.45) is 0. The number of nitrogens with zero attached hydrogens (tertiary/aromatic N) is 1. The number of hydrogen-bond donors (Lipinski definition) is 4. The third-order valence-corrected chi connectivity index (χ3v) is 5.20. The predicted molar refractivity (Wildman–Crippen MR) is 96.3 cm³/mol. The minimum absolute atomic E-state index is 0.0313. The molecule has 0 atom stereocenters. The van der Waals surface area contributed by atoms with Crippen LogP contribution in [0.1, 0.15) is 28.7 Å². The summed E-state index contributed by atoms with van der Waals surface area (Å²) in [6, 6.07) is 6.46. The maximum atomic E-state index is 12.3. The van der Waals surface area contributed by atoms with E-state index in [0.29, 0.717) is 22.6 Å². The molecule has 4 N–H and O–H groups in total. The third-order valence-electron chi connectivity index (χ3n) is 3.48. The van der Waals surface area contributed by atoms with Gasteiger partial charge in [0, 0.05) is 31.3 Å². The van der Waals surface area contributed by atoms with Crippen LogP contribution >= 0.6 is 0 Å². The van der Waals surface area contributed by atoms with Crippen molar-refractivity contribution < 1.29 is 18.0 Å². The molecule has 140 valence electrons. The predicted octanol–water partition coefficient (Wildman–Crippen LogP) is 0.693. The third kappa shape index (κ3) is 4.90. The normalized spacial score (nSPS) is 11.2. The summed E-state index contributed by atoms with van der Waals surface area (Å²) in [5, 5.41) is 11.7. The van der Waals surface area contributed by atoms with Crippen LogP contribution in [-0.4, -0.2) is 43.5 Å². The maximum Gasteiger partial charge on any atom is 0.251 e. The Labute approximate surface area is 151 Å². The molecule has 10 heteroatoms. The SMILES string of the molecule is CC(=O)Nc1cccc(C(=O)NCCNS(=O)(=O)c2c(C)n[nH]c2C)c1. The summed E-state index contributed by atoms with van der Waals surface area (Å²) >= 11 is 0. The molecule has 2 amide bonds. The van der Waals surface area contributed by atoms with Crippen molar-refractivity contribution in [2.75, 3.05) is 18.4 Å². The minimum Gasteiger partial charge on any atom is -0.351 e. The van der Waals surface area contributed by atoms with Gasteiger partial charge in [-0.1, -0.05) is 6.07 Å². The van der Waals surface area contributed by atoms with E-state index in [0.717, 1.165) is 0 Å². The molecule has 1 aromatic carbocycles. The second-order valence-corrected chi connectivity index (χ2v) is 7.38. The molecule has 0 bridgehead atoms. The summed E-state index contributed by atoms with van der Waals surface area (Å²) in [4.78, 5) is 23.3. The van der Waals surface area contributed by atoms with Crippen molar-refractivity contribution in [2.24, 2.45) is 0 Å². The van der Waals surface area contributed by atoms with Crippen LogP contribution in [0.25, 0.3) is 0 Å². The number of carbonyl (C=O) groups excluding carboxylic acids is 2. The fourth-order valence-electron chi connectivity index (χ4n) is 2.41. The van der Waals surface area contributed by atoms with Crippen molar-refractivity contribution in [3.8, 4) is 0 Å². The van der Waals surface area contributed by atoms with Crippen molar-refractivity contribution in [3.05, 3.63) is 41.2 Å². The van der Waals surface area contributed by atoms with Crippen LogP contribution in [0.3, 0.4) is 0 Å². The lowest BCUT2D eigenvalue weighted by atomic mass is 10.2. The highest BCUT2D eigenvalue weighted by Gasteiger charge is 2.21. The van der Waals surface area contributed by atoms with Crippen molar-refractivity contribution >= 4 is 27.5 Å². The Morgan fingerprint density at radius 3 is 2.54 bits per heavy atom. The number of aryl methyl sites for hydroxylation is 2. The lowest BCUT2D eigenvalue weighted by Crippen LogP contribution is -2.35. The van der Waals surface area contributed by atoms with Crippen molar-refractivity contribution in [1.82, 2.24) is 20.2 Å². The molecule has 0 aliphatic carbocycles. The highest BCUT2D eigenvalue weighted by atomic mass is 32.2. The molecule has 0 aliphatic rings. The van der Waals surface area contributed by atoms with E-state index in [4.69, 9.17) is 0 Å². The first kappa shape index (κ1) is 19.6. The highest BCUT2D eigenvalue weighted by Crippen LogP contribution is 2.15. The number of sulfonamides is 1. The number of aromatic nitrogens is 2. The molecule has 1 heterocycles. The highest BCUT2D eigenvalue weighted by molar-refractivity contribution is 7.89. The van der Waals surface area contributed by atoms with Crippen molar-refractivity contribution in [2.45, 2.75) is 25.7 Å².